The van der Waals surface area contributed by atoms with E-state index in [1.807, 2.05) is 19.1 Å². The zero-order valence-electron chi connectivity index (χ0n) is 17.3. The number of aryl methyl sites for hydroxylation is 1. The number of alkyl halides is 3. The average molecular weight is 467 g/mol. The summed E-state index contributed by atoms with van der Waals surface area (Å²) in [6.45, 7) is 2.21. The van der Waals surface area contributed by atoms with Crippen LogP contribution in [0.2, 0.25) is 5.15 Å². The maximum absolute atomic E-state index is 12.6. The molecule has 0 radical (unpaired) electrons. The molecule has 0 amide bonds. The van der Waals surface area contributed by atoms with Gasteiger partial charge in [-0.25, -0.2) is 4.98 Å². The molecule has 3 aromatic heterocycles. The van der Waals surface area contributed by atoms with Crippen LogP contribution in [0.15, 0.2) is 30.5 Å². The number of halogens is 4. The lowest BCUT2D eigenvalue weighted by Crippen LogP contribution is -2.48. The zero-order chi connectivity index (χ0) is 22.5. The number of anilines is 2. The van der Waals surface area contributed by atoms with Crippen LogP contribution in [0.5, 0.6) is 5.88 Å². The van der Waals surface area contributed by atoms with Crippen LogP contribution in [0.3, 0.4) is 0 Å². The molecule has 1 saturated carbocycles. The molecule has 0 unspecified atom stereocenters. The highest BCUT2D eigenvalue weighted by Crippen LogP contribution is 2.40. The molecule has 3 aromatic rings. The minimum absolute atomic E-state index is 0.0100. The fourth-order valence-corrected chi connectivity index (χ4v) is 4.96. The van der Waals surface area contributed by atoms with E-state index >= 15 is 0 Å². The van der Waals surface area contributed by atoms with Crippen molar-refractivity contribution >= 4 is 28.9 Å². The van der Waals surface area contributed by atoms with Crippen molar-refractivity contribution in [2.45, 2.75) is 32.0 Å². The van der Waals surface area contributed by atoms with Crippen molar-refractivity contribution in [1.82, 2.24) is 19.6 Å². The molecule has 2 bridgehead atoms. The van der Waals surface area contributed by atoms with Gasteiger partial charge in [0.1, 0.15) is 5.15 Å². The van der Waals surface area contributed by atoms with Crippen molar-refractivity contribution in [1.29, 1.82) is 0 Å². The molecule has 2 aliphatic rings. The van der Waals surface area contributed by atoms with E-state index in [1.165, 1.54) is 10.6 Å². The third kappa shape index (κ3) is 4.15. The van der Waals surface area contributed by atoms with Crippen molar-refractivity contribution in [3.63, 3.8) is 0 Å². The second-order valence-corrected chi connectivity index (χ2v) is 8.83. The first-order valence-corrected chi connectivity index (χ1v) is 10.8. The molecule has 1 aliphatic carbocycles. The normalized spacial score (nSPS) is 23.0. The number of ether oxygens (including phenoxy) is 1. The van der Waals surface area contributed by atoms with E-state index < -0.39 is 12.8 Å². The molecule has 170 valence electrons. The number of hydrogen-bond donors (Lipinski definition) is 1. The quantitative estimate of drug-likeness (QED) is 0.564. The summed E-state index contributed by atoms with van der Waals surface area (Å²) in [5.74, 6) is 1.21. The Balaban J connectivity index is 1.34. The van der Waals surface area contributed by atoms with Crippen molar-refractivity contribution < 1.29 is 17.9 Å². The molecule has 1 saturated heterocycles. The molecule has 7 nitrogen and oxygen atoms in total. The average Bonchev–Trinajstić information content (AvgIpc) is 3.25. The fourth-order valence-electron chi connectivity index (χ4n) is 4.80. The summed E-state index contributed by atoms with van der Waals surface area (Å²) < 4.78 is 44.1. The Labute approximate surface area is 187 Å². The summed E-state index contributed by atoms with van der Waals surface area (Å²) in [6.07, 6.45) is -0.537. The first-order valence-electron chi connectivity index (χ1n) is 10.5. The minimum Gasteiger partial charge on any atom is -0.468 e. The Kier molecular flexibility index (Phi) is 5.27. The second-order valence-electron chi connectivity index (χ2n) is 8.44. The highest BCUT2D eigenvalue weighted by atomic mass is 35.5. The molecule has 0 spiro atoms. The van der Waals surface area contributed by atoms with Crippen molar-refractivity contribution in [3.05, 3.63) is 41.2 Å². The van der Waals surface area contributed by atoms with Crippen molar-refractivity contribution in [2.24, 2.45) is 11.8 Å². The Morgan fingerprint density at radius 2 is 1.94 bits per heavy atom. The van der Waals surface area contributed by atoms with Crippen LogP contribution >= 0.6 is 11.6 Å². The van der Waals surface area contributed by atoms with Gasteiger partial charge in [-0.1, -0.05) is 17.7 Å². The molecule has 5 rings (SSSR count). The molecule has 0 aromatic carbocycles. The first kappa shape index (κ1) is 21.1. The third-order valence-electron chi connectivity index (χ3n) is 6.23. The number of piperidine rings is 1. The number of nitrogens with one attached hydrogen (secondary N) is 1. The summed E-state index contributed by atoms with van der Waals surface area (Å²) in [7, 11) is 0. The van der Waals surface area contributed by atoms with Gasteiger partial charge in [0.05, 0.1) is 0 Å². The van der Waals surface area contributed by atoms with E-state index in [1.54, 1.807) is 12.3 Å². The SMILES string of the molecule is Cc1ccc(OCC(F)(F)F)n2nc(N[C@@H]3[C@@H]4CC[C@H]3CN(c3ccnc(Cl)c3)C4)nc12. The lowest BCUT2D eigenvalue weighted by molar-refractivity contribution is -0.154. The minimum atomic E-state index is -4.43. The van der Waals surface area contributed by atoms with Gasteiger partial charge in [0.25, 0.3) is 0 Å². The fraction of sp³-hybridized carbons (Fsp3) is 0.476. The van der Waals surface area contributed by atoms with Gasteiger partial charge < -0.3 is 15.0 Å². The largest absolute Gasteiger partial charge is 0.468 e. The van der Waals surface area contributed by atoms with Crippen LogP contribution in [0.25, 0.3) is 5.65 Å². The molecule has 11 heteroatoms. The number of hydrogen-bond acceptors (Lipinski definition) is 6. The van der Waals surface area contributed by atoms with Gasteiger partial charge in [-0.2, -0.15) is 22.7 Å². The van der Waals surface area contributed by atoms with E-state index in [-0.39, 0.29) is 11.9 Å². The molecule has 4 heterocycles. The van der Waals surface area contributed by atoms with Crippen LogP contribution in [-0.2, 0) is 0 Å². The van der Waals surface area contributed by atoms with Gasteiger partial charge in [-0.3, -0.25) is 0 Å². The van der Waals surface area contributed by atoms with Crippen molar-refractivity contribution in [3.8, 4) is 5.88 Å². The maximum atomic E-state index is 12.6. The highest BCUT2D eigenvalue weighted by molar-refractivity contribution is 6.29. The van der Waals surface area contributed by atoms with Gasteiger partial charge >= 0.3 is 6.18 Å². The van der Waals surface area contributed by atoms with E-state index in [2.05, 4.69) is 25.3 Å². The lowest BCUT2D eigenvalue weighted by atomic mass is 9.92. The summed E-state index contributed by atoms with van der Waals surface area (Å²) in [4.78, 5) is 10.9. The number of nitrogens with zero attached hydrogens (tertiary/aromatic N) is 5. The Morgan fingerprint density at radius 3 is 2.62 bits per heavy atom. The Hall–Kier alpha value is -2.75. The van der Waals surface area contributed by atoms with Gasteiger partial charge in [0, 0.05) is 37.1 Å². The van der Waals surface area contributed by atoms with E-state index in [9.17, 15) is 13.2 Å². The van der Waals surface area contributed by atoms with Gasteiger partial charge in [0.2, 0.25) is 11.8 Å². The van der Waals surface area contributed by atoms with E-state index in [0.29, 0.717) is 28.6 Å². The van der Waals surface area contributed by atoms with Crippen molar-refractivity contribution in [2.75, 3.05) is 29.9 Å². The molecule has 32 heavy (non-hydrogen) atoms. The summed E-state index contributed by atoms with van der Waals surface area (Å²) in [5.41, 5.74) is 2.34. The monoisotopic (exact) mass is 466 g/mol. The summed E-state index contributed by atoms with van der Waals surface area (Å²) >= 11 is 6.06. The highest BCUT2D eigenvalue weighted by Gasteiger charge is 2.42. The molecular weight excluding hydrogens is 445 g/mol. The zero-order valence-corrected chi connectivity index (χ0v) is 18.1. The van der Waals surface area contributed by atoms with Crippen LogP contribution in [0.4, 0.5) is 24.8 Å². The predicted molar refractivity (Wildman–Crippen MR) is 114 cm³/mol. The Morgan fingerprint density at radius 1 is 1.19 bits per heavy atom. The topological polar surface area (TPSA) is 67.6 Å². The molecule has 3 atom stereocenters. The maximum Gasteiger partial charge on any atom is 0.422 e. The number of fused-ring (bicyclic) bond motifs is 3. The second kappa shape index (κ2) is 7.99. The van der Waals surface area contributed by atoms with Gasteiger partial charge in [-0.05, 0) is 49.3 Å². The van der Waals surface area contributed by atoms with Crippen LogP contribution in [-0.4, -0.2) is 51.5 Å². The third-order valence-corrected chi connectivity index (χ3v) is 6.44. The number of pyridine rings is 2. The summed E-state index contributed by atoms with van der Waals surface area (Å²) in [6, 6.07) is 7.20. The lowest BCUT2D eigenvalue weighted by Gasteiger charge is -2.39. The smallest absolute Gasteiger partial charge is 0.422 e. The number of rotatable bonds is 5. The molecule has 1 aliphatic heterocycles. The first-order chi connectivity index (χ1) is 15.3. The summed E-state index contributed by atoms with van der Waals surface area (Å²) in [5, 5.41) is 8.35. The van der Waals surface area contributed by atoms with Crippen LogP contribution in [0.1, 0.15) is 18.4 Å². The van der Waals surface area contributed by atoms with E-state index in [0.717, 1.165) is 37.2 Å². The molecule has 1 N–H and O–H groups in total. The number of aromatic nitrogens is 4. The van der Waals surface area contributed by atoms with Crippen LogP contribution < -0.4 is 15.0 Å². The van der Waals surface area contributed by atoms with E-state index in [4.69, 9.17) is 16.3 Å². The predicted octanol–water partition coefficient (Wildman–Crippen LogP) is 4.35. The molecule has 2 fully saturated rings. The molecular formula is C21H22ClF3N6O. The van der Waals surface area contributed by atoms with Crippen LogP contribution in [0, 0.1) is 18.8 Å². The van der Waals surface area contributed by atoms with Gasteiger partial charge in [-0.15, -0.1) is 5.10 Å². The Bertz CT molecular complexity index is 1120. The van der Waals surface area contributed by atoms with Gasteiger partial charge in [0.15, 0.2) is 12.3 Å². The standard InChI is InChI=1S/C21H22ClF3N6O/c1-12-2-5-17(32-11-21(23,24)25)31-19(12)28-20(29-31)27-18-13-3-4-14(18)10-30(9-13)15-6-7-26-16(22)8-15/h2,5-8,13-14,18H,3-4,9-11H2,1H3,(H,27,29)/t13-,14+,18-.